The highest BCUT2D eigenvalue weighted by atomic mass is 32.1. The fraction of sp³-hybridized carbons (Fsp3) is 0.308. The van der Waals surface area contributed by atoms with Gasteiger partial charge in [-0.25, -0.2) is 4.98 Å². The molecule has 1 aliphatic rings. The summed E-state index contributed by atoms with van der Waals surface area (Å²) < 4.78 is 0. The SMILES string of the molecule is CCN(CC)c1ccc(C2C(C(=O)c3sc(C)nc3C)=C(O)C(=O)N2Cc2cccnc2)cc1. The second-order valence-electron chi connectivity index (χ2n) is 8.20. The van der Waals surface area contributed by atoms with E-state index in [1.54, 1.807) is 25.4 Å². The lowest BCUT2D eigenvalue weighted by molar-refractivity contribution is -0.130. The minimum absolute atomic E-state index is 0.0937. The number of aliphatic hydroxyl groups excluding tert-OH is 1. The van der Waals surface area contributed by atoms with Crippen LogP contribution in [-0.4, -0.2) is 44.8 Å². The van der Waals surface area contributed by atoms with Crippen molar-refractivity contribution in [3.05, 3.63) is 86.8 Å². The van der Waals surface area contributed by atoms with Crippen molar-refractivity contribution in [2.75, 3.05) is 18.0 Å². The van der Waals surface area contributed by atoms with Crippen LogP contribution < -0.4 is 4.90 Å². The summed E-state index contributed by atoms with van der Waals surface area (Å²) in [5.74, 6) is -1.43. The minimum Gasteiger partial charge on any atom is -0.503 e. The van der Waals surface area contributed by atoms with Crippen LogP contribution >= 0.6 is 11.3 Å². The lowest BCUT2D eigenvalue weighted by atomic mass is 9.94. The molecule has 7 nitrogen and oxygen atoms in total. The smallest absolute Gasteiger partial charge is 0.290 e. The monoisotopic (exact) mass is 476 g/mol. The Morgan fingerprint density at radius 2 is 1.85 bits per heavy atom. The second-order valence-corrected chi connectivity index (χ2v) is 9.40. The number of anilines is 1. The molecular weight excluding hydrogens is 448 g/mol. The van der Waals surface area contributed by atoms with E-state index in [2.05, 4.69) is 28.7 Å². The lowest BCUT2D eigenvalue weighted by Gasteiger charge is -2.28. The molecule has 2 aromatic heterocycles. The van der Waals surface area contributed by atoms with E-state index < -0.39 is 17.7 Å². The molecule has 1 N–H and O–H groups in total. The highest BCUT2D eigenvalue weighted by Gasteiger charge is 2.44. The number of hydrogen-bond donors (Lipinski definition) is 1. The molecule has 1 aliphatic heterocycles. The normalized spacial score (nSPS) is 15.8. The van der Waals surface area contributed by atoms with Crippen molar-refractivity contribution in [2.24, 2.45) is 0 Å². The Bertz CT molecular complexity index is 1230. The molecule has 8 heteroatoms. The zero-order chi connectivity index (χ0) is 24.4. The largest absolute Gasteiger partial charge is 0.503 e. The van der Waals surface area contributed by atoms with E-state index in [1.165, 1.54) is 16.2 Å². The van der Waals surface area contributed by atoms with Crippen LogP contribution in [0.1, 0.15) is 51.4 Å². The average molecular weight is 477 g/mol. The number of carbonyl (C=O) groups is 2. The van der Waals surface area contributed by atoms with Crippen molar-refractivity contribution in [1.82, 2.24) is 14.9 Å². The minimum atomic E-state index is -0.715. The number of ketones is 1. The molecule has 0 spiro atoms. The van der Waals surface area contributed by atoms with Gasteiger partial charge in [0.15, 0.2) is 5.76 Å². The number of hydrogen-bond acceptors (Lipinski definition) is 7. The number of carbonyl (C=O) groups excluding carboxylic acids is 2. The average Bonchev–Trinajstić information content (AvgIpc) is 3.31. The van der Waals surface area contributed by atoms with Gasteiger partial charge in [0.1, 0.15) is 0 Å². The topological polar surface area (TPSA) is 86.6 Å². The molecule has 1 atom stereocenters. The van der Waals surface area contributed by atoms with Crippen LogP contribution in [0, 0.1) is 13.8 Å². The molecule has 1 unspecified atom stereocenters. The molecule has 0 radical (unpaired) electrons. The van der Waals surface area contributed by atoms with Crippen LogP contribution in [0.4, 0.5) is 5.69 Å². The summed E-state index contributed by atoms with van der Waals surface area (Å²) in [5, 5.41) is 11.7. The number of aliphatic hydroxyl groups is 1. The summed E-state index contributed by atoms with van der Waals surface area (Å²) in [6, 6.07) is 10.8. The van der Waals surface area contributed by atoms with Gasteiger partial charge in [-0.3, -0.25) is 14.6 Å². The number of amides is 1. The summed E-state index contributed by atoms with van der Waals surface area (Å²) >= 11 is 1.27. The van der Waals surface area contributed by atoms with Gasteiger partial charge in [0.2, 0.25) is 5.78 Å². The second kappa shape index (κ2) is 9.77. The maximum absolute atomic E-state index is 13.6. The molecule has 0 aliphatic carbocycles. The van der Waals surface area contributed by atoms with Crippen LogP contribution in [0.2, 0.25) is 0 Å². The molecule has 4 rings (SSSR count). The van der Waals surface area contributed by atoms with E-state index >= 15 is 0 Å². The molecule has 1 aromatic carbocycles. The highest BCUT2D eigenvalue weighted by molar-refractivity contribution is 7.14. The van der Waals surface area contributed by atoms with Crippen molar-refractivity contribution >= 4 is 28.7 Å². The molecule has 0 bridgehead atoms. The van der Waals surface area contributed by atoms with Gasteiger partial charge in [-0.1, -0.05) is 18.2 Å². The first kappa shape index (κ1) is 23.6. The number of rotatable bonds is 8. The van der Waals surface area contributed by atoms with Gasteiger partial charge in [-0.15, -0.1) is 11.3 Å². The summed E-state index contributed by atoms with van der Waals surface area (Å²) in [6.45, 7) is 9.77. The lowest BCUT2D eigenvalue weighted by Crippen LogP contribution is -2.31. The summed E-state index contributed by atoms with van der Waals surface area (Å²) in [4.78, 5) is 39.6. The number of thiazole rings is 1. The number of Topliss-reactive ketones (excluding diaryl/α,β-unsaturated/α-hetero) is 1. The Morgan fingerprint density at radius 3 is 2.41 bits per heavy atom. The van der Waals surface area contributed by atoms with Gasteiger partial charge < -0.3 is 14.9 Å². The van der Waals surface area contributed by atoms with Crippen LogP contribution in [0.25, 0.3) is 0 Å². The van der Waals surface area contributed by atoms with Gasteiger partial charge in [0.05, 0.1) is 27.2 Å². The van der Waals surface area contributed by atoms with Crippen molar-refractivity contribution in [3.8, 4) is 0 Å². The highest BCUT2D eigenvalue weighted by Crippen LogP contribution is 2.41. The molecule has 3 heterocycles. The fourth-order valence-electron chi connectivity index (χ4n) is 4.40. The quantitative estimate of drug-likeness (QED) is 0.471. The summed E-state index contributed by atoms with van der Waals surface area (Å²) in [5.41, 5.74) is 3.33. The Morgan fingerprint density at radius 1 is 1.15 bits per heavy atom. The number of aromatic nitrogens is 2. The Hall–Kier alpha value is -3.52. The van der Waals surface area contributed by atoms with Crippen LogP contribution in [0.3, 0.4) is 0 Å². The van der Waals surface area contributed by atoms with E-state index in [0.29, 0.717) is 10.6 Å². The maximum atomic E-state index is 13.6. The van der Waals surface area contributed by atoms with Crippen molar-refractivity contribution in [3.63, 3.8) is 0 Å². The molecular formula is C26H28N4O3S. The predicted molar refractivity (Wildman–Crippen MR) is 133 cm³/mol. The number of pyridine rings is 1. The third-order valence-corrected chi connectivity index (χ3v) is 7.14. The molecule has 1 amide bonds. The Labute approximate surface area is 203 Å². The Balaban J connectivity index is 1.79. The van der Waals surface area contributed by atoms with Crippen molar-refractivity contribution in [1.29, 1.82) is 0 Å². The molecule has 176 valence electrons. The first-order valence-corrected chi connectivity index (χ1v) is 12.1. The molecule has 0 saturated heterocycles. The van der Waals surface area contributed by atoms with Crippen molar-refractivity contribution < 1.29 is 14.7 Å². The van der Waals surface area contributed by atoms with Gasteiger partial charge in [-0.05, 0) is 57.0 Å². The summed E-state index contributed by atoms with van der Waals surface area (Å²) in [6.07, 6.45) is 3.35. The number of nitrogens with zero attached hydrogens (tertiary/aromatic N) is 4. The van der Waals surface area contributed by atoms with E-state index in [4.69, 9.17) is 0 Å². The standard InChI is InChI=1S/C26H28N4O3S/c1-5-29(6-2)20-11-9-19(10-12-20)22-21(23(31)25-16(3)28-17(4)34-25)24(32)26(33)30(22)15-18-8-7-13-27-14-18/h7-14,22,32H,5-6,15H2,1-4H3. The molecule has 0 fully saturated rings. The van der Waals surface area contributed by atoms with Gasteiger partial charge >= 0.3 is 0 Å². The molecule has 34 heavy (non-hydrogen) atoms. The van der Waals surface area contributed by atoms with Crippen LogP contribution in [0.5, 0.6) is 0 Å². The van der Waals surface area contributed by atoms with E-state index in [0.717, 1.165) is 34.9 Å². The zero-order valence-corrected chi connectivity index (χ0v) is 20.6. The summed E-state index contributed by atoms with van der Waals surface area (Å²) in [7, 11) is 0. The van der Waals surface area contributed by atoms with E-state index in [9.17, 15) is 14.7 Å². The molecule has 3 aromatic rings. The third kappa shape index (κ3) is 4.33. The zero-order valence-electron chi connectivity index (χ0n) is 19.8. The van der Waals surface area contributed by atoms with E-state index in [1.807, 2.05) is 37.3 Å². The molecule has 0 saturated carbocycles. The van der Waals surface area contributed by atoms with E-state index in [-0.39, 0.29) is 17.9 Å². The first-order valence-electron chi connectivity index (χ1n) is 11.3. The maximum Gasteiger partial charge on any atom is 0.290 e. The number of aryl methyl sites for hydroxylation is 2. The van der Waals surface area contributed by atoms with Gasteiger partial charge in [0.25, 0.3) is 5.91 Å². The predicted octanol–water partition coefficient (Wildman–Crippen LogP) is 4.78. The van der Waals surface area contributed by atoms with Crippen LogP contribution in [-0.2, 0) is 11.3 Å². The third-order valence-electron chi connectivity index (χ3n) is 6.07. The van der Waals surface area contributed by atoms with Crippen LogP contribution in [0.15, 0.2) is 60.1 Å². The van der Waals surface area contributed by atoms with Crippen molar-refractivity contribution in [2.45, 2.75) is 40.3 Å². The Kier molecular flexibility index (Phi) is 6.79. The first-order chi connectivity index (χ1) is 16.3. The fourth-order valence-corrected chi connectivity index (χ4v) is 5.28. The van der Waals surface area contributed by atoms with Gasteiger partial charge in [0, 0.05) is 37.7 Å². The number of benzene rings is 1. The van der Waals surface area contributed by atoms with Gasteiger partial charge in [-0.2, -0.15) is 0 Å².